The molecule has 4 nitrogen and oxygen atoms in total. The molecular weight excluding hydrogens is 262 g/mol. The number of nitrogens with one attached hydrogen (secondary N) is 1. The molecule has 0 heterocycles. The minimum atomic E-state index is 0.0475. The zero-order valence-corrected chi connectivity index (χ0v) is 12.7. The molecule has 1 amide bonds. The Hall–Kier alpha value is -2.07. The van der Waals surface area contributed by atoms with Crippen LogP contribution in [0.2, 0.25) is 0 Å². The van der Waals surface area contributed by atoms with Crippen molar-refractivity contribution in [2.75, 3.05) is 25.0 Å². The van der Waals surface area contributed by atoms with Gasteiger partial charge in [0.2, 0.25) is 5.91 Å². The summed E-state index contributed by atoms with van der Waals surface area (Å²) in [5.41, 5.74) is 7.97. The van der Waals surface area contributed by atoms with Crippen molar-refractivity contribution in [2.45, 2.75) is 19.9 Å². The largest absolute Gasteiger partial charge is 0.365 e. The number of carbonyl (C=O) groups is 1. The van der Waals surface area contributed by atoms with E-state index in [1.807, 2.05) is 43.1 Å². The number of benzene rings is 2. The predicted molar refractivity (Wildman–Crippen MR) is 88.4 cm³/mol. The molecule has 2 aromatic rings. The van der Waals surface area contributed by atoms with E-state index in [1.54, 1.807) is 0 Å². The topological polar surface area (TPSA) is 58.4 Å². The Morgan fingerprint density at radius 3 is 2.57 bits per heavy atom. The SMILES string of the molecule is CCCNC(=O)CN(C)c1ccc(CN)c2ccccc12. The van der Waals surface area contributed by atoms with Gasteiger partial charge in [0.15, 0.2) is 0 Å². The van der Waals surface area contributed by atoms with Gasteiger partial charge >= 0.3 is 0 Å². The highest BCUT2D eigenvalue weighted by Gasteiger charge is 2.11. The lowest BCUT2D eigenvalue weighted by atomic mass is 10.0. The zero-order chi connectivity index (χ0) is 15.2. The fourth-order valence-corrected chi connectivity index (χ4v) is 2.48. The first-order valence-corrected chi connectivity index (χ1v) is 7.36. The van der Waals surface area contributed by atoms with E-state index in [-0.39, 0.29) is 5.91 Å². The minimum Gasteiger partial charge on any atom is -0.365 e. The third-order valence-corrected chi connectivity index (χ3v) is 3.58. The molecule has 0 radical (unpaired) electrons. The third kappa shape index (κ3) is 3.52. The third-order valence-electron chi connectivity index (χ3n) is 3.58. The number of amides is 1. The molecule has 0 fully saturated rings. The van der Waals surface area contributed by atoms with Crippen LogP contribution in [0.15, 0.2) is 36.4 Å². The second-order valence-electron chi connectivity index (χ2n) is 5.20. The number of hydrogen-bond acceptors (Lipinski definition) is 3. The first-order valence-electron chi connectivity index (χ1n) is 7.36. The molecule has 3 N–H and O–H groups in total. The molecule has 0 aromatic heterocycles. The van der Waals surface area contributed by atoms with Crippen molar-refractivity contribution in [3.05, 3.63) is 42.0 Å². The smallest absolute Gasteiger partial charge is 0.239 e. The average molecular weight is 285 g/mol. The van der Waals surface area contributed by atoms with Gasteiger partial charge in [0, 0.05) is 31.2 Å². The lowest BCUT2D eigenvalue weighted by Gasteiger charge is -2.21. The van der Waals surface area contributed by atoms with E-state index in [0.717, 1.165) is 35.0 Å². The summed E-state index contributed by atoms with van der Waals surface area (Å²) in [6.07, 6.45) is 0.948. The van der Waals surface area contributed by atoms with Crippen molar-refractivity contribution >= 4 is 22.4 Å². The number of carbonyl (C=O) groups excluding carboxylic acids is 1. The normalized spacial score (nSPS) is 10.6. The number of rotatable bonds is 6. The van der Waals surface area contributed by atoms with Crippen LogP contribution in [0.25, 0.3) is 10.8 Å². The molecule has 0 aliphatic heterocycles. The van der Waals surface area contributed by atoms with E-state index in [9.17, 15) is 4.79 Å². The summed E-state index contributed by atoms with van der Waals surface area (Å²) in [7, 11) is 1.94. The Labute approximate surface area is 125 Å². The standard InChI is InChI=1S/C17H23N3O/c1-3-10-19-17(21)12-20(2)16-9-8-13(11-18)14-6-4-5-7-15(14)16/h4-9H,3,10-12,18H2,1-2H3,(H,19,21). The van der Waals surface area contributed by atoms with Crippen LogP contribution < -0.4 is 16.0 Å². The number of anilines is 1. The lowest BCUT2D eigenvalue weighted by Crippen LogP contribution is -2.35. The molecule has 0 spiro atoms. The Morgan fingerprint density at radius 1 is 1.19 bits per heavy atom. The fourth-order valence-electron chi connectivity index (χ4n) is 2.48. The summed E-state index contributed by atoms with van der Waals surface area (Å²) in [6.45, 7) is 3.63. The van der Waals surface area contributed by atoms with Crippen LogP contribution in [0.4, 0.5) is 5.69 Å². The highest BCUT2D eigenvalue weighted by molar-refractivity contribution is 5.97. The van der Waals surface area contributed by atoms with Crippen LogP contribution in [-0.4, -0.2) is 26.0 Å². The molecular formula is C17H23N3O. The molecule has 2 aromatic carbocycles. The summed E-state index contributed by atoms with van der Waals surface area (Å²) in [4.78, 5) is 13.9. The van der Waals surface area contributed by atoms with Crippen molar-refractivity contribution in [3.63, 3.8) is 0 Å². The molecule has 0 saturated carbocycles. The quantitative estimate of drug-likeness (QED) is 0.856. The Bertz CT molecular complexity index is 624. The average Bonchev–Trinajstić information content (AvgIpc) is 2.51. The number of fused-ring (bicyclic) bond motifs is 1. The maximum Gasteiger partial charge on any atom is 0.239 e. The summed E-state index contributed by atoms with van der Waals surface area (Å²) >= 11 is 0. The summed E-state index contributed by atoms with van der Waals surface area (Å²) in [5.74, 6) is 0.0475. The Balaban J connectivity index is 2.27. The highest BCUT2D eigenvalue weighted by Crippen LogP contribution is 2.28. The van der Waals surface area contributed by atoms with Crippen LogP contribution in [0.5, 0.6) is 0 Å². The highest BCUT2D eigenvalue weighted by atomic mass is 16.2. The van der Waals surface area contributed by atoms with Gasteiger partial charge in [0.1, 0.15) is 0 Å². The molecule has 0 bridgehead atoms. The van der Waals surface area contributed by atoms with Crippen molar-refractivity contribution in [3.8, 4) is 0 Å². The van der Waals surface area contributed by atoms with Gasteiger partial charge in [0.25, 0.3) is 0 Å². The van der Waals surface area contributed by atoms with Gasteiger partial charge in [-0.15, -0.1) is 0 Å². The summed E-state index contributed by atoms with van der Waals surface area (Å²) in [6, 6.07) is 12.3. The zero-order valence-electron chi connectivity index (χ0n) is 12.7. The summed E-state index contributed by atoms with van der Waals surface area (Å²) in [5, 5.41) is 5.19. The molecule has 0 unspecified atom stereocenters. The van der Waals surface area contributed by atoms with Crippen LogP contribution in [0.3, 0.4) is 0 Å². The molecule has 0 atom stereocenters. The van der Waals surface area contributed by atoms with Crippen LogP contribution >= 0.6 is 0 Å². The van der Waals surface area contributed by atoms with E-state index < -0.39 is 0 Å². The molecule has 112 valence electrons. The number of nitrogens with two attached hydrogens (primary N) is 1. The summed E-state index contributed by atoms with van der Waals surface area (Å²) < 4.78 is 0. The second kappa shape index (κ2) is 7.09. The maximum atomic E-state index is 11.9. The Morgan fingerprint density at radius 2 is 1.90 bits per heavy atom. The monoisotopic (exact) mass is 285 g/mol. The second-order valence-corrected chi connectivity index (χ2v) is 5.20. The van der Waals surface area contributed by atoms with Crippen molar-refractivity contribution in [1.29, 1.82) is 0 Å². The molecule has 0 saturated heterocycles. The predicted octanol–water partition coefficient (Wildman–Crippen LogP) is 2.26. The van der Waals surface area contributed by atoms with Gasteiger partial charge in [-0.3, -0.25) is 4.79 Å². The van der Waals surface area contributed by atoms with Gasteiger partial charge < -0.3 is 16.0 Å². The van der Waals surface area contributed by atoms with Crippen molar-refractivity contribution < 1.29 is 4.79 Å². The van der Waals surface area contributed by atoms with E-state index in [2.05, 4.69) is 17.4 Å². The van der Waals surface area contributed by atoms with Crippen LogP contribution in [-0.2, 0) is 11.3 Å². The first kappa shape index (κ1) is 15.3. The molecule has 2 rings (SSSR count). The van der Waals surface area contributed by atoms with Gasteiger partial charge in [0.05, 0.1) is 6.54 Å². The van der Waals surface area contributed by atoms with E-state index in [0.29, 0.717) is 13.1 Å². The van der Waals surface area contributed by atoms with Crippen molar-refractivity contribution in [1.82, 2.24) is 5.32 Å². The van der Waals surface area contributed by atoms with Gasteiger partial charge in [-0.2, -0.15) is 0 Å². The van der Waals surface area contributed by atoms with Gasteiger partial charge in [-0.05, 0) is 23.4 Å². The fraction of sp³-hybridized carbons (Fsp3) is 0.353. The molecule has 0 aliphatic carbocycles. The number of nitrogens with zero attached hydrogens (tertiary/aromatic N) is 1. The molecule has 0 aliphatic rings. The first-order chi connectivity index (χ1) is 10.2. The minimum absolute atomic E-state index is 0.0475. The Kier molecular flexibility index (Phi) is 5.17. The van der Waals surface area contributed by atoms with E-state index in [1.165, 1.54) is 0 Å². The van der Waals surface area contributed by atoms with E-state index >= 15 is 0 Å². The van der Waals surface area contributed by atoms with E-state index in [4.69, 9.17) is 5.73 Å². The molecule has 21 heavy (non-hydrogen) atoms. The van der Waals surface area contributed by atoms with Gasteiger partial charge in [-0.1, -0.05) is 37.3 Å². The number of likely N-dealkylation sites (N-methyl/N-ethyl adjacent to an activating group) is 1. The maximum absolute atomic E-state index is 11.9. The van der Waals surface area contributed by atoms with Crippen molar-refractivity contribution in [2.24, 2.45) is 5.73 Å². The van der Waals surface area contributed by atoms with Crippen LogP contribution in [0.1, 0.15) is 18.9 Å². The van der Waals surface area contributed by atoms with Crippen LogP contribution in [0, 0.1) is 0 Å². The lowest BCUT2D eigenvalue weighted by molar-refractivity contribution is -0.119. The van der Waals surface area contributed by atoms with Gasteiger partial charge in [-0.25, -0.2) is 0 Å². The molecule has 4 heteroatoms. The number of hydrogen-bond donors (Lipinski definition) is 2.